The summed E-state index contributed by atoms with van der Waals surface area (Å²) in [5.41, 5.74) is 5.82. The molecule has 0 spiro atoms. The molecule has 0 amide bonds. The number of allylic oxidation sites excluding steroid dienone is 5. The van der Waals surface area contributed by atoms with E-state index in [2.05, 4.69) is 63.8 Å². The Kier molecular flexibility index (Phi) is 6.68. The molecule has 0 saturated heterocycles. The topological polar surface area (TPSA) is 0 Å². The molecule has 0 nitrogen and oxygen atoms in total. The van der Waals surface area contributed by atoms with Crippen molar-refractivity contribution < 1.29 is 0 Å². The van der Waals surface area contributed by atoms with E-state index in [0.717, 1.165) is 6.42 Å². The van der Waals surface area contributed by atoms with E-state index >= 15 is 0 Å². The van der Waals surface area contributed by atoms with Gasteiger partial charge in [0, 0.05) is 5.41 Å². The van der Waals surface area contributed by atoms with Gasteiger partial charge < -0.3 is 0 Å². The van der Waals surface area contributed by atoms with E-state index < -0.39 is 0 Å². The van der Waals surface area contributed by atoms with Crippen molar-refractivity contribution in [2.24, 2.45) is 0 Å². The summed E-state index contributed by atoms with van der Waals surface area (Å²) >= 11 is 0. The van der Waals surface area contributed by atoms with Gasteiger partial charge in [-0.25, -0.2) is 0 Å². The van der Waals surface area contributed by atoms with Crippen molar-refractivity contribution in [2.75, 3.05) is 0 Å². The largest absolute Gasteiger partial charge is 0.0984 e. The molecule has 1 atom stereocenters. The monoisotopic (exact) mass is 282 g/mol. The van der Waals surface area contributed by atoms with Crippen LogP contribution in [0, 0.1) is 0 Å². The second kappa shape index (κ2) is 8.02. The molecule has 0 heterocycles. The van der Waals surface area contributed by atoms with Crippen LogP contribution in [0.4, 0.5) is 0 Å². The smallest absolute Gasteiger partial charge is 0.0212 e. The Morgan fingerprint density at radius 1 is 1.14 bits per heavy atom. The van der Waals surface area contributed by atoms with Crippen LogP contribution in [0.5, 0.6) is 0 Å². The van der Waals surface area contributed by atoms with E-state index in [0.29, 0.717) is 0 Å². The zero-order chi connectivity index (χ0) is 15.9. The summed E-state index contributed by atoms with van der Waals surface area (Å²) in [6.45, 7) is 14.7. The van der Waals surface area contributed by atoms with Crippen molar-refractivity contribution in [2.45, 2.75) is 59.3 Å². The van der Waals surface area contributed by atoms with Crippen LogP contribution in [-0.2, 0) is 5.41 Å². The Morgan fingerprint density at radius 3 is 2.33 bits per heavy atom. The van der Waals surface area contributed by atoms with Gasteiger partial charge in [-0.1, -0.05) is 83.2 Å². The van der Waals surface area contributed by atoms with Crippen LogP contribution in [0.25, 0.3) is 5.57 Å². The molecule has 0 saturated carbocycles. The Morgan fingerprint density at radius 2 is 1.81 bits per heavy atom. The lowest BCUT2D eigenvalue weighted by molar-refractivity contribution is 0.457. The molecule has 0 N–H and O–H groups in total. The van der Waals surface area contributed by atoms with Gasteiger partial charge in [0.05, 0.1) is 0 Å². The molecular weight excluding hydrogens is 252 g/mol. The summed E-state index contributed by atoms with van der Waals surface area (Å²) in [6, 6.07) is 8.84. The normalized spacial score (nSPS) is 20.2. The lowest BCUT2D eigenvalue weighted by atomic mass is 9.71. The molecule has 21 heavy (non-hydrogen) atoms. The highest BCUT2D eigenvalue weighted by atomic mass is 14.4. The molecule has 0 heteroatoms. The average molecular weight is 282 g/mol. The maximum absolute atomic E-state index is 4.04. The third kappa shape index (κ3) is 2.90. The first-order valence-corrected chi connectivity index (χ1v) is 8.34. The number of hydrogen-bond donors (Lipinski definition) is 0. The van der Waals surface area contributed by atoms with Crippen LogP contribution in [0.3, 0.4) is 0 Å². The van der Waals surface area contributed by atoms with Crippen LogP contribution in [-0.4, -0.2) is 0 Å². The minimum Gasteiger partial charge on any atom is -0.0984 e. The summed E-state index contributed by atoms with van der Waals surface area (Å²) in [7, 11) is 0. The van der Waals surface area contributed by atoms with Crippen molar-refractivity contribution in [1.82, 2.24) is 0 Å². The van der Waals surface area contributed by atoms with Gasteiger partial charge in [0.2, 0.25) is 0 Å². The van der Waals surface area contributed by atoms with Crippen molar-refractivity contribution in [1.29, 1.82) is 0 Å². The predicted molar refractivity (Wildman–Crippen MR) is 96.6 cm³/mol. The van der Waals surface area contributed by atoms with E-state index in [1.165, 1.54) is 35.1 Å². The molecule has 0 radical (unpaired) electrons. The van der Waals surface area contributed by atoms with Gasteiger partial charge in [-0.05, 0) is 42.0 Å². The molecule has 1 aliphatic carbocycles. The Labute approximate surface area is 131 Å². The minimum absolute atomic E-state index is 0.182. The molecule has 0 aliphatic heterocycles. The zero-order valence-electron chi connectivity index (χ0n) is 14.4. The average Bonchev–Trinajstić information content (AvgIpc) is 2.80. The molecule has 114 valence electrons. The maximum atomic E-state index is 4.04. The molecule has 0 fully saturated rings. The van der Waals surface area contributed by atoms with Gasteiger partial charge in [-0.2, -0.15) is 0 Å². The van der Waals surface area contributed by atoms with E-state index in [4.69, 9.17) is 0 Å². The van der Waals surface area contributed by atoms with E-state index in [-0.39, 0.29) is 5.41 Å². The van der Waals surface area contributed by atoms with Gasteiger partial charge in [-0.15, -0.1) is 0 Å². The summed E-state index contributed by atoms with van der Waals surface area (Å²) in [5, 5.41) is 0. The van der Waals surface area contributed by atoms with Crippen LogP contribution < -0.4 is 0 Å². The van der Waals surface area contributed by atoms with E-state index in [1.807, 2.05) is 19.9 Å². The lowest BCUT2D eigenvalue weighted by Gasteiger charge is -2.32. The molecule has 2 rings (SSSR count). The first-order valence-electron chi connectivity index (χ1n) is 8.34. The molecule has 1 aromatic carbocycles. The van der Waals surface area contributed by atoms with E-state index in [9.17, 15) is 0 Å². The first kappa shape index (κ1) is 17.5. The number of rotatable bonds is 5. The third-order valence-electron chi connectivity index (χ3n) is 4.36. The minimum atomic E-state index is 0.182. The summed E-state index contributed by atoms with van der Waals surface area (Å²) < 4.78 is 0. The first-order chi connectivity index (χ1) is 10.2. The summed E-state index contributed by atoms with van der Waals surface area (Å²) in [5.74, 6) is 0. The van der Waals surface area contributed by atoms with Crippen molar-refractivity contribution in [3.8, 4) is 0 Å². The highest BCUT2D eigenvalue weighted by molar-refractivity contribution is 5.87. The molecule has 1 aliphatic rings. The maximum Gasteiger partial charge on any atom is 0.0212 e. The second-order valence-electron chi connectivity index (χ2n) is 5.26. The Balaban J connectivity index is 0.00000106. The van der Waals surface area contributed by atoms with Crippen molar-refractivity contribution >= 4 is 5.57 Å². The van der Waals surface area contributed by atoms with Gasteiger partial charge in [0.15, 0.2) is 0 Å². The van der Waals surface area contributed by atoms with Crippen molar-refractivity contribution in [3.63, 3.8) is 0 Å². The molecule has 1 unspecified atom stereocenters. The molecule has 0 bridgehead atoms. The number of fused-ring (bicyclic) bond motifs is 1. The Bertz CT molecular complexity index is 531. The van der Waals surface area contributed by atoms with Crippen LogP contribution in [0.15, 0.2) is 54.6 Å². The van der Waals surface area contributed by atoms with Gasteiger partial charge in [0.1, 0.15) is 0 Å². The van der Waals surface area contributed by atoms with Gasteiger partial charge >= 0.3 is 0 Å². The quantitative estimate of drug-likeness (QED) is 0.564. The van der Waals surface area contributed by atoms with Crippen LogP contribution >= 0.6 is 0 Å². The summed E-state index contributed by atoms with van der Waals surface area (Å²) in [6.07, 6.45) is 10.0. The molecule has 0 aromatic heterocycles. The van der Waals surface area contributed by atoms with E-state index in [1.54, 1.807) is 0 Å². The zero-order valence-corrected chi connectivity index (χ0v) is 14.4. The SMILES string of the molecule is C=CC1=C(/C=C\C)C(CC)(CCC)c2ccccc21.CC. The fourth-order valence-corrected chi connectivity index (χ4v) is 3.57. The Hall–Kier alpha value is -1.56. The fourth-order valence-electron chi connectivity index (χ4n) is 3.57. The summed E-state index contributed by atoms with van der Waals surface area (Å²) in [4.78, 5) is 0. The third-order valence-corrected chi connectivity index (χ3v) is 4.36. The van der Waals surface area contributed by atoms with Gasteiger partial charge in [0.25, 0.3) is 0 Å². The predicted octanol–water partition coefficient (Wildman–Crippen LogP) is 6.69. The van der Waals surface area contributed by atoms with Crippen molar-refractivity contribution in [3.05, 3.63) is 65.8 Å². The second-order valence-corrected chi connectivity index (χ2v) is 5.26. The molecular formula is C21H30. The molecule has 1 aromatic rings. The fraction of sp³-hybridized carbons (Fsp3) is 0.429. The lowest BCUT2D eigenvalue weighted by Crippen LogP contribution is -2.24. The van der Waals surface area contributed by atoms with Crippen LogP contribution in [0.1, 0.15) is 65.0 Å². The highest BCUT2D eigenvalue weighted by Gasteiger charge is 2.40. The number of hydrogen-bond acceptors (Lipinski definition) is 0. The highest BCUT2D eigenvalue weighted by Crippen LogP contribution is 2.51. The van der Waals surface area contributed by atoms with Crippen LogP contribution in [0.2, 0.25) is 0 Å². The number of benzene rings is 1. The van der Waals surface area contributed by atoms with Gasteiger partial charge in [-0.3, -0.25) is 0 Å². The standard InChI is InChI=1S/C19H24.C2H6/c1-5-11-17-15(7-3)16-12-9-10-13-18(16)19(17,8-4)14-6-2;1-2/h5,7,9-13H,3,6,8,14H2,1-2,4H3;1-2H3/b11-5-;.